The van der Waals surface area contributed by atoms with Gasteiger partial charge in [-0.25, -0.2) is 5.10 Å². The molecule has 4 aromatic rings. The maximum Gasteiger partial charge on any atom is 0.446 e. The molecule has 11 heteroatoms. The van der Waals surface area contributed by atoms with Crippen LogP contribution in [-0.2, 0) is 16.9 Å². The fraction of sp³-hybridized carbons (Fsp3) is 0.217. The van der Waals surface area contributed by atoms with Gasteiger partial charge in [0.25, 0.3) is 5.65 Å². The van der Waals surface area contributed by atoms with Crippen LogP contribution in [0, 0.1) is 13.8 Å². The summed E-state index contributed by atoms with van der Waals surface area (Å²) in [5.41, 5.74) is 5.28. The second-order valence-electron chi connectivity index (χ2n) is 7.63. The summed E-state index contributed by atoms with van der Waals surface area (Å²) in [6, 6.07) is 14.0. The Hall–Kier alpha value is -3.83. The lowest BCUT2D eigenvalue weighted by atomic mass is 10.1. The van der Waals surface area contributed by atoms with Gasteiger partial charge in [0.2, 0.25) is 5.82 Å². The van der Waals surface area contributed by atoms with Gasteiger partial charge in [-0.15, -0.1) is 9.50 Å². The van der Waals surface area contributed by atoms with Crippen molar-refractivity contribution in [3.05, 3.63) is 65.5 Å². The van der Waals surface area contributed by atoms with Gasteiger partial charge in [0.1, 0.15) is 11.4 Å². The number of nitrogens with one attached hydrogen (secondary N) is 2. The topological polar surface area (TPSA) is 127 Å². The Morgan fingerprint density at radius 3 is 2.38 bits per heavy atom. The molecule has 0 spiro atoms. The van der Waals surface area contributed by atoms with E-state index in [0.29, 0.717) is 18.0 Å². The third-order valence-electron chi connectivity index (χ3n) is 5.23. The van der Waals surface area contributed by atoms with Crippen LogP contribution in [-0.4, -0.2) is 37.3 Å². The molecular weight excluding hydrogens is 460 g/mol. The van der Waals surface area contributed by atoms with Crippen LogP contribution in [0.5, 0.6) is 17.2 Å². The lowest BCUT2D eigenvalue weighted by Gasteiger charge is -2.09. The van der Waals surface area contributed by atoms with Crippen LogP contribution in [0.2, 0.25) is 0 Å². The van der Waals surface area contributed by atoms with Crippen LogP contribution in [0.4, 0.5) is 5.82 Å². The highest BCUT2D eigenvalue weighted by Gasteiger charge is 2.22. The van der Waals surface area contributed by atoms with E-state index in [1.165, 1.54) is 12.1 Å². The number of H-pyrrole nitrogens is 1. The monoisotopic (exact) mass is 485 g/mol. The van der Waals surface area contributed by atoms with Crippen LogP contribution in [0.1, 0.15) is 17.0 Å². The van der Waals surface area contributed by atoms with Crippen LogP contribution >= 0.6 is 0 Å². The average molecular weight is 486 g/mol. The zero-order chi connectivity index (χ0) is 24.5. The number of methoxy groups -OCH3 is 2. The maximum absolute atomic E-state index is 10.8. The summed E-state index contributed by atoms with van der Waals surface area (Å²) in [6.07, 6.45) is 0. The molecule has 2 aromatic carbocycles. The Bertz CT molecular complexity index is 1450. The summed E-state index contributed by atoms with van der Waals surface area (Å²) >= 11 is 0. The number of hydrogen-bond acceptors (Lipinski definition) is 7. The summed E-state index contributed by atoms with van der Waals surface area (Å²) in [5, 5.41) is 6.75. The Morgan fingerprint density at radius 1 is 1.03 bits per heavy atom. The van der Waals surface area contributed by atoms with E-state index in [1.807, 2.05) is 42.6 Å². The zero-order valence-corrected chi connectivity index (χ0v) is 19.9. The first-order valence-corrected chi connectivity index (χ1v) is 11.7. The van der Waals surface area contributed by atoms with Gasteiger partial charge < -0.3 is 13.7 Å². The third-order valence-corrected chi connectivity index (χ3v) is 5.63. The molecule has 0 aliphatic rings. The van der Waals surface area contributed by atoms with Gasteiger partial charge in [-0.05, 0) is 49.2 Å². The van der Waals surface area contributed by atoms with Gasteiger partial charge in [-0.3, -0.25) is 9.87 Å². The summed E-state index contributed by atoms with van der Waals surface area (Å²) in [5.74, 6) is 2.11. The van der Waals surface area contributed by atoms with E-state index in [1.54, 1.807) is 26.4 Å². The number of anilines is 1. The number of aromatic nitrogens is 3. The fourth-order valence-electron chi connectivity index (χ4n) is 3.74. The quantitative estimate of drug-likeness (QED) is 0.256. The van der Waals surface area contributed by atoms with Crippen molar-refractivity contribution in [3.63, 3.8) is 0 Å². The molecule has 2 aromatic heterocycles. The molecular formula is C23H25N4O6S+. The first kappa shape index (κ1) is 23.3. The van der Waals surface area contributed by atoms with E-state index in [-0.39, 0.29) is 5.75 Å². The predicted octanol–water partition coefficient (Wildman–Crippen LogP) is 3.24. The van der Waals surface area contributed by atoms with Crippen LogP contribution in [0.25, 0.3) is 16.8 Å². The highest BCUT2D eigenvalue weighted by atomic mass is 32.3. The zero-order valence-electron chi connectivity index (χ0n) is 19.1. The van der Waals surface area contributed by atoms with Crippen molar-refractivity contribution in [2.24, 2.45) is 0 Å². The number of benzene rings is 2. The van der Waals surface area contributed by atoms with E-state index in [9.17, 15) is 8.42 Å². The largest absolute Gasteiger partial charge is 0.493 e. The molecule has 3 N–H and O–H groups in total. The van der Waals surface area contributed by atoms with Gasteiger partial charge in [0, 0.05) is 0 Å². The molecule has 0 unspecified atom stereocenters. The molecule has 0 radical (unpaired) electrons. The molecule has 0 bridgehead atoms. The standard InChI is InChI=1S/C23H24N4O6S/c1-14-11-21(24-13-16-5-8-18(9-6-16)33-34(28,29)30)27-23(25-14)22(15(2)26-27)17-7-10-19(31-3)20(12-17)32-4/h5-12H,13H2,1-4H3,(H2,24,25,26,28,29,30)/p+1. The third kappa shape index (κ3) is 4.90. The van der Waals surface area contributed by atoms with Crippen molar-refractivity contribution in [2.45, 2.75) is 20.4 Å². The lowest BCUT2D eigenvalue weighted by molar-refractivity contribution is -0.564. The Labute approximate surface area is 197 Å². The minimum absolute atomic E-state index is 0.0299. The first-order valence-electron chi connectivity index (χ1n) is 10.3. The molecule has 0 aliphatic heterocycles. The fourth-order valence-corrected chi connectivity index (χ4v) is 4.10. The van der Waals surface area contributed by atoms with Crippen molar-refractivity contribution in [1.82, 2.24) is 10.1 Å². The molecule has 2 heterocycles. The summed E-state index contributed by atoms with van der Waals surface area (Å²) in [6.45, 7) is 4.36. The van der Waals surface area contributed by atoms with E-state index >= 15 is 0 Å². The molecule has 0 saturated carbocycles. The number of aryl methyl sites for hydroxylation is 2. The highest BCUT2D eigenvalue weighted by molar-refractivity contribution is 7.81. The van der Waals surface area contributed by atoms with E-state index in [2.05, 4.69) is 14.6 Å². The minimum atomic E-state index is -4.55. The van der Waals surface area contributed by atoms with Crippen molar-refractivity contribution in [1.29, 1.82) is 0 Å². The molecule has 0 amide bonds. The number of ether oxygens (including phenoxy) is 2. The number of nitrogens with zero attached hydrogens (tertiary/aromatic N) is 2. The summed E-state index contributed by atoms with van der Waals surface area (Å²) < 4.78 is 47.6. The van der Waals surface area contributed by atoms with E-state index in [4.69, 9.17) is 19.0 Å². The highest BCUT2D eigenvalue weighted by Crippen LogP contribution is 2.34. The van der Waals surface area contributed by atoms with E-state index in [0.717, 1.165) is 39.5 Å². The lowest BCUT2D eigenvalue weighted by Crippen LogP contribution is -2.29. The van der Waals surface area contributed by atoms with Crippen LogP contribution in [0.15, 0.2) is 48.5 Å². The first-order chi connectivity index (χ1) is 16.2. The average Bonchev–Trinajstić information content (AvgIpc) is 3.12. The predicted molar refractivity (Wildman–Crippen MR) is 126 cm³/mol. The van der Waals surface area contributed by atoms with Crippen molar-refractivity contribution in [2.75, 3.05) is 19.5 Å². The SMILES string of the molecule is COc1ccc(-c2c(C)[nH][n+]3c(NCc4ccc(OS(=O)(=O)O)cc4)cc(C)nc23)cc1OC. The van der Waals surface area contributed by atoms with Crippen molar-refractivity contribution < 1.29 is 31.1 Å². The smallest absolute Gasteiger partial charge is 0.446 e. The van der Waals surface area contributed by atoms with Gasteiger partial charge in [-0.2, -0.15) is 8.42 Å². The molecule has 34 heavy (non-hydrogen) atoms. The molecule has 10 nitrogen and oxygen atoms in total. The number of rotatable bonds is 8. The minimum Gasteiger partial charge on any atom is -0.493 e. The number of aromatic amines is 1. The van der Waals surface area contributed by atoms with Crippen molar-refractivity contribution >= 4 is 21.9 Å². The Morgan fingerprint density at radius 2 is 1.74 bits per heavy atom. The van der Waals surface area contributed by atoms with E-state index < -0.39 is 10.4 Å². The van der Waals surface area contributed by atoms with Crippen LogP contribution in [0.3, 0.4) is 0 Å². The van der Waals surface area contributed by atoms with Gasteiger partial charge >= 0.3 is 10.4 Å². The molecule has 0 aliphatic carbocycles. The number of hydrogen-bond donors (Lipinski definition) is 3. The summed E-state index contributed by atoms with van der Waals surface area (Å²) in [4.78, 5) is 4.75. The summed E-state index contributed by atoms with van der Waals surface area (Å²) in [7, 11) is -1.35. The molecule has 0 atom stereocenters. The Balaban J connectivity index is 1.65. The van der Waals surface area contributed by atoms with Crippen molar-refractivity contribution in [3.8, 4) is 28.4 Å². The second kappa shape index (κ2) is 9.20. The molecule has 0 fully saturated rings. The van der Waals surface area contributed by atoms with Gasteiger partial charge in [0.15, 0.2) is 11.5 Å². The Kier molecular flexibility index (Phi) is 6.31. The molecule has 178 valence electrons. The van der Waals surface area contributed by atoms with Crippen LogP contribution < -0.4 is 23.5 Å². The maximum atomic E-state index is 10.8. The second-order valence-corrected chi connectivity index (χ2v) is 8.65. The molecule has 0 saturated heterocycles. The normalized spacial score (nSPS) is 11.4. The molecule has 4 rings (SSSR count). The van der Waals surface area contributed by atoms with Gasteiger partial charge in [0.05, 0.1) is 38.1 Å². The number of fused-ring (bicyclic) bond motifs is 1. The van der Waals surface area contributed by atoms with Gasteiger partial charge in [-0.1, -0.05) is 18.2 Å².